The van der Waals surface area contributed by atoms with Gasteiger partial charge in [0.1, 0.15) is 35.9 Å². The molecule has 10 nitrogen and oxygen atoms in total. The molecule has 40 heavy (non-hydrogen) atoms. The minimum Gasteiger partial charge on any atom is -0.496 e. The standard InChI is InChI=1S/C29H40N2O8S/c1-7-38-28(33)24(18-40-17-22-25(36-5)14-21(35-4)15-26(22)37-6)30-27(32)23(13-19(2)3)31-29(34)39-16-20-11-9-8-10-12-20/h8-12,14-15,19,23-24H,7,13,16-18H2,1-6H3,(H,30,32)(H,31,34)/t23-,24-/m0/s1. The lowest BCUT2D eigenvalue weighted by Crippen LogP contribution is -2.53. The van der Waals surface area contributed by atoms with Crippen molar-refractivity contribution in [2.75, 3.05) is 33.7 Å². The van der Waals surface area contributed by atoms with Crippen molar-refractivity contribution >= 4 is 29.7 Å². The van der Waals surface area contributed by atoms with Gasteiger partial charge in [-0.1, -0.05) is 44.2 Å². The number of nitrogens with one attached hydrogen (secondary N) is 2. The molecule has 2 rings (SSSR count). The van der Waals surface area contributed by atoms with Gasteiger partial charge in [-0.2, -0.15) is 11.8 Å². The molecule has 2 aromatic carbocycles. The van der Waals surface area contributed by atoms with E-state index in [4.69, 9.17) is 23.7 Å². The van der Waals surface area contributed by atoms with E-state index in [1.807, 2.05) is 44.2 Å². The molecule has 0 heterocycles. The van der Waals surface area contributed by atoms with Crippen LogP contribution in [0.15, 0.2) is 42.5 Å². The molecule has 220 valence electrons. The Kier molecular flexibility index (Phi) is 14.0. The van der Waals surface area contributed by atoms with E-state index < -0.39 is 30.1 Å². The van der Waals surface area contributed by atoms with Crippen LogP contribution in [-0.4, -0.2) is 63.7 Å². The zero-order chi connectivity index (χ0) is 29.5. The monoisotopic (exact) mass is 576 g/mol. The number of amides is 2. The van der Waals surface area contributed by atoms with E-state index in [9.17, 15) is 14.4 Å². The maximum Gasteiger partial charge on any atom is 0.408 e. The summed E-state index contributed by atoms with van der Waals surface area (Å²) in [4.78, 5) is 38.5. The number of ether oxygens (including phenoxy) is 5. The van der Waals surface area contributed by atoms with Gasteiger partial charge >= 0.3 is 12.1 Å². The van der Waals surface area contributed by atoms with E-state index in [0.29, 0.717) is 29.4 Å². The Labute approximate surface area is 240 Å². The second kappa shape index (κ2) is 17.2. The first-order valence-electron chi connectivity index (χ1n) is 13.0. The van der Waals surface area contributed by atoms with Gasteiger partial charge < -0.3 is 34.3 Å². The van der Waals surface area contributed by atoms with Crippen LogP contribution in [0.3, 0.4) is 0 Å². The maximum atomic E-state index is 13.3. The molecule has 2 aromatic rings. The zero-order valence-electron chi connectivity index (χ0n) is 24.0. The number of hydrogen-bond acceptors (Lipinski definition) is 9. The van der Waals surface area contributed by atoms with Crippen molar-refractivity contribution in [1.29, 1.82) is 0 Å². The van der Waals surface area contributed by atoms with Gasteiger partial charge in [0.15, 0.2) is 0 Å². The summed E-state index contributed by atoms with van der Waals surface area (Å²) < 4.78 is 26.8. The predicted octanol–water partition coefficient (Wildman–Crippen LogP) is 4.33. The van der Waals surface area contributed by atoms with Crippen LogP contribution >= 0.6 is 11.8 Å². The molecular weight excluding hydrogens is 536 g/mol. The summed E-state index contributed by atoms with van der Waals surface area (Å²) in [5, 5.41) is 5.40. The topological polar surface area (TPSA) is 121 Å². The Bertz CT molecular complexity index is 1070. The minimum atomic E-state index is -0.940. The molecule has 0 aliphatic carbocycles. The first kappa shape index (κ1) is 32.6. The fourth-order valence-corrected chi connectivity index (χ4v) is 4.85. The fourth-order valence-electron chi connectivity index (χ4n) is 3.79. The van der Waals surface area contributed by atoms with Crippen LogP contribution in [0.4, 0.5) is 4.79 Å². The number of methoxy groups -OCH3 is 3. The van der Waals surface area contributed by atoms with Gasteiger partial charge in [0.2, 0.25) is 5.91 Å². The molecule has 2 amide bonds. The lowest BCUT2D eigenvalue weighted by atomic mass is 10.0. The van der Waals surface area contributed by atoms with E-state index in [1.54, 1.807) is 40.4 Å². The lowest BCUT2D eigenvalue weighted by molar-refractivity contribution is -0.146. The average Bonchev–Trinajstić information content (AvgIpc) is 2.95. The Morgan fingerprint density at radius 3 is 2.08 bits per heavy atom. The average molecular weight is 577 g/mol. The number of carbonyl (C=O) groups is 3. The summed E-state index contributed by atoms with van der Waals surface area (Å²) in [5.74, 6) is 1.43. The highest BCUT2D eigenvalue weighted by atomic mass is 32.2. The molecule has 2 atom stereocenters. The molecule has 0 unspecified atom stereocenters. The minimum absolute atomic E-state index is 0.0725. The third kappa shape index (κ3) is 10.5. The SMILES string of the molecule is CCOC(=O)[C@H](CSCc1c(OC)cc(OC)cc1OC)NC(=O)[C@H](CC(C)C)NC(=O)OCc1ccccc1. The maximum absolute atomic E-state index is 13.3. The molecule has 0 spiro atoms. The predicted molar refractivity (Wildman–Crippen MR) is 154 cm³/mol. The number of rotatable bonds is 16. The molecule has 0 aliphatic rings. The number of hydrogen-bond donors (Lipinski definition) is 2. The van der Waals surface area contributed by atoms with Gasteiger partial charge in [-0.05, 0) is 24.8 Å². The highest BCUT2D eigenvalue weighted by Crippen LogP contribution is 2.36. The molecular formula is C29H40N2O8S. The highest BCUT2D eigenvalue weighted by molar-refractivity contribution is 7.98. The summed E-state index contributed by atoms with van der Waals surface area (Å²) >= 11 is 1.40. The smallest absolute Gasteiger partial charge is 0.408 e. The quantitative estimate of drug-likeness (QED) is 0.281. The number of benzene rings is 2. The van der Waals surface area contributed by atoms with Gasteiger partial charge in [-0.3, -0.25) is 4.79 Å². The number of esters is 1. The summed E-state index contributed by atoms with van der Waals surface area (Å²) in [6.45, 7) is 5.80. The van der Waals surface area contributed by atoms with Gasteiger partial charge in [-0.25, -0.2) is 9.59 Å². The summed E-state index contributed by atoms with van der Waals surface area (Å²) in [6.07, 6.45) is -0.361. The van der Waals surface area contributed by atoms with E-state index in [1.165, 1.54) is 11.8 Å². The van der Waals surface area contributed by atoms with Crippen molar-refractivity contribution in [2.24, 2.45) is 5.92 Å². The second-order valence-corrected chi connectivity index (χ2v) is 10.3. The Hall–Kier alpha value is -3.60. The third-order valence-corrected chi connectivity index (χ3v) is 6.83. The van der Waals surface area contributed by atoms with Crippen LogP contribution in [0, 0.1) is 5.92 Å². The lowest BCUT2D eigenvalue weighted by Gasteiger charge is -2.23. The Balaban J connectivity index is 2.09. The van der Waals surface area contributed by atoms with Crippen molar-refractivity contribution in [3.05, 3.63) is 53.6 Å². The first-order valence-corrected chi connectivity index (χ1v) is 14.2. The largest absolute Gasteiger partial charge is 0.496 e. The second-order valence-electron chi connectivity index (χ2n) is 9.23. The van der Waals surface area contributed by atoms with Crippen molar-refractivity contribution < 1.29 is 38.1 Å². The molecule has 11 heteroatoms. The van der Waals surface area contributed by atoms with Crippen LogP contribution < -0.4 is 24.8 Å². The van der Waals surface area contributed by atoms with Gasteiger partial charge in [0, 0.05) is 29.2 Å². The fraction of sp³-hybridized carbons (Fsp3) is 0.483. The van der Waals surface area contributed by atoms with Crippen molar-refractivity contribution in [3.63, 3.8) is 0 Å². The molecule has 2 N–H and O–H groups in total. The first-order chi connectivity index (χ1) is 19.2. The van der Waals surface area contributed by atoms with Crippen LogP contribution in [0.1, 0.15) is 38.3 Å². The van der Waals surface area contributed by atoms with Gasteiger partial charge in [-0.15, -0.1) is 0 Å². The highest BCUT2D eigenvalue weighted by Gasteiger charge is 2.29. The molecule has 0 saturated carbocycles. The molecule has 0 bridgehead atoms. The normalized spacial score (nSPS) is 12.2. The van der Waals surface area contributed by atoms with Crippen molar-refractivity contribution in [2.45, 2.75) is 51.6 Å². The Morgan fingerprint density at radius 2 is 1.52 bits per heavy atom. The Morgan fingerprint density at radius 1 is 0.875 bits per heavy atom. The molecule has 0 saturated heterocycles. The van der Waals surface area contributed by atoms with Gasteiger partial charge in [0.25, 0.3) is 0 Å². The van der Waals surface area contributed by atoms with Crippen LogP contribution in [0.25, 0.3) is 0 Å². The van der Waals surface area contributed by atoms with E-state index in [2.05, 4.69) is 10.6 Å². The summed E-state index contributed by atoms with van der Waals surface area (Å²) in [5.41, 5.74) is 1.61. The molecule has 0 radical (unpaired) electrons. The van der Waals surface area contributed by atoms with Crippen molar-refractivity contribution in [3.8, 4) is 17.2 Å². The summed E-state index contributed by atoms with van der Waals surface area (Å²) in [7, 11) is 4.66. The van der Waals surface area contributed by atoms with E-state index >= 15 is 0 Å². The third-order valence-electron chi connectivity index (χ3n) is 5.76. The molecule has 0 aliphatic heterocycles. The zero-order valence-corrected chi connectivity index (χ0v) is 24.8. The number of carbonyl (C=O) groups excluding carboxylic acids is 3. The summed E-state index contributed by atoms with van der Waals surface area (Å²) in [6, 6.07) is 10.9. The van der Waals surface area contributed by atoms with Crippen LogP contribution in [0.5, 0.6) is 17.2 Å². The van der Waals surface area contributed by atoms with E-state index in [-0.39, 0.29) is 24.9 Å². The van der Waals surface area contributed by atoms with E-state index in [0.717, 1.165) is 11.1 Å². The van der Waals surface area contributed by atoms with Crippen LogP contribution in [-0.2, 0) is 31.4 Å². The van der Waals surface area contributed by atoms with Crippen molar-refractivity contribution in [1.82, 2.24) is 10.6 Å². The number of alkyl carbamates (subject to hydrolysis) is 1. The van der Waals surface area contributed by atoms with Gasteiger partial charge in [0.05, 0.1) is 27.9 Å². The molecule has 0 aromatic heterocycles. The van der Waals surface area contributed by atoms with Crippen LogP contribution in [0.2, 0.25) is 0 Å². The number of thioether (sulfide) groups is 1. The molecule has 0 fully saturated rings.